The fourth-order valence-electron chi connectivity index (χ4n) is 2.23. The van der Waals surface area contributed by atoms with Crippen LogP contribution in [0, 0.1) is 6.92 Å². The first kappa shape index (κ1) is 15.7. The van der Waals surface area contributed by atoms with Crippen molar-refractivity contribution in [1.29, 1.82) is 0 Å². The minimum atomic E-state index is -0.124. The summed E-state index contributed by atoms with van der Waals surface area (Å²) in [5.74, 6) is 0. The monoisotopic (exact) mass is 269 g/mol. The molecule has 0 spiro atoms. The molecule has 18 heavy (non-hydrogen) atoms. The Morgan fingerprint density at radius 3 is 2.50 bits per heavy atom. The third-order valence-electron chi connectivity index (χ3n) is 3.43. The van der Waals surface area contributed by atoms with Gasteiger partial charge in [-0.3, -0.25) is 0 Å². The molecule has 0 saturated carbocycles. The van der Waals surface area contributed by atoms with Crippen molar-refractivity contribution in [3.63, 3.8) is 0 Å². The molecule has 0 aliphatic carbocycles. The van der Waals surface area contributed by atoms with Crippen molar-refractivity contribution in [2.75, 3.05) is 13.2 Å². The highest BCUT2D eigenvalue weighted by molar-refractivity contribution is 7.12. The van der Waals surface area contributed by atoms with E-state index in [-0.39, 0.29) is 5.60 Å². The summed E-state index contributed by atoms with van der Waals surface area (Å²) in [4.78, 5) is 2.75. The number of hydrogen-bond acceptors (Lipinski definition) is 3. The van der Waals surface area contributed by atoms with Gasteiger partial charge in [0.15, 0.2) is 0 Å². The SMILES string of the molecule is CCCNC(c1ccc(C)s1)C(C)(CC)OCC. The van der Waals surface area contributed by atoms with Gasteiger partial charge in [0.05, 0.1) is 11.6 Å². The molecule has 2 unspecified atom stereocenters. The van der Waals surface area contributed by atoms with Crippen molar-refractivity contribution in [2.24, 2.45) is 0 Å². The van der Waals surface area contributed by atoms with E-state index in [1.807, 2.05) is 11.3 Å². The Morgan fingerprint density at radius 1 is 1.33 bits per heavy atom. The molecule has 0 aliphatic heterocycles. The highest BCUT2D eigenvalue weighted by Crippen LogP contribution is 2.35. The van der Waals surface area contributed by atoms with Crippen LogP contribution >= 0.6 is 11.3 Å². The first-order valence-electron chi connectivity index (χ1n) is 7.01. The number of aryl methyl sites for hydroxylation is 1. The van der Waals surface area contributed by atoms with Gasteiger partial charge in [0.25, 0.3) is 0 Å². The highest BCUT2D eigenvalue weighted by atomic mass is 32.1. The van der Waals surface area contributed by atoms with E-state index >= 15 is 0 Å². The largest absolute Gasteiger partial charge is 0.374 e. The van der Waals surface area contributed by atoms with Crippen molar-refractivity contribution >= 4 is 11.3 Å². The molecule has 1 N–H and O–H groups in total. The standard InChI is InChI=1S/C15H27NOS/c1-6-11-16-14(13-10-9-12(4)18-13)15(5,7-2)17-8-3/h9-10,14,16H,6-8,11H2,1-5H3. The predicted octanol–water partition coefficient (Wildman–Crippen LogP) is 4.30. The average Bonchev–Trinajstić information content (AvgIpc) is 2.76. The molecule has 0 radical (unpaired) electrons. The van der Waals surface area contributed by atoms with Crippen molar-refractivity contribution in [2.45, 2.75) is 59.1 Å². The van der Waals surface area contributed by atoms with Crippen LogP contribution in [0.25, 0.3) is 0 Å². The van der Waals surface area contributed by atoms with Gasteiger partial charge in [-0.1, -0.05) is 13.8 Å². The minimum Gasteiger partial charge on any atom is -0.374 e. The molecule has 0 fully saturated rings. The van der Waals surface area contributed by atoms with Crippen LogP contribution in [0.2, 0.25) is 0 Å². The Labute approximate surface area is 116 Å². The van der Waals surface area contributed by atoms with Crippen LogP contribution in [-0.2, 0) is 4.74 Å². The Kier molecular flexibility index (Phi) is 6.33. The van der Waals surface area contributed by atoms with Crippen LogP contribution in [0.15, 0.2) is 12.1 Å². The van der Waals surface area contributed by atoms with E-state index in [9.17, 15) is 0 Å². The second kappa shape index (κ2) is 7.27. The zero-order valence-electron chi connectivity index (χ0n) is 12.4. The molecule has 1 aromatic heterocycles. The maximum atomic E-state index is 6.05. The van der Waals surface area contributed by atoms with Crippen molar-refractivity contribution in [3.05, 3.63) is 21.9 Å². The predicted molar refractivity (Wildman–Crippen MR) is 80.4 cm³/mol. The summed E-state index contributed by atoms with van der Waals surface area (Å²) in [6.45, 7) is 12.7. The zero-order valence-corrected chi connectivity index (χ0v) is 13.2. The Balaban J connectivity index is 2.95. The lowest BCUT2D eigenvalue weighted by Crippen LogP contribution is -2.43. The summed E-state index contributed by atoms with van der Waals surface area (Å²) in [6.07, 6.45) is 2.16. The number of hydrogen-bond donors (Lipinski definition) is 1. The van der Waals surface area contributed by atoms with Crippen LogP contribution in [0.5, 0.6) is 0 Å². The summed E-state index contributed by atoms with van der Waals surface area (Å²) in [5.41, 5.74) is -0.124. The van der Waals surface area contributed by atoms with E-state index in [1.165, 1.54) is 9.75 Å². The fraction of sp³-hybridized carbons (Fsp3) is 0.733. The second-order valence-electron chi connectivity index (χ2n) is 4.93. The summed E-state index contributed by atoms with van der Waals surface area (Å²) < 4.78 is 6.05. The van der Waals surface area contributed by atoms with Gasteiger partial charge in [-0.05, 0) is 52.3 Å². The van der Waals surface area contributed by atoms with Crippen LogP contribution in [0.3, 0.4) is 0 Å². The summed E-state index contributed by atoms with van der Waals surface area (Å²) in [7, 11) is 0. The molecule has 0 aromatic carbocycles. The molecule has 2 nitrogen and oxygen atoms in total. The van der Waals surface area contributed by atoms with E-state index in [2.05, 4.69) is 52.1 Å². The van der Waals surface area contributed by atoms with Gasteiger partial charge in [0.1, 0.15) is 0 Å². The number of ether oxygens (including phenoxy) is 1. The van der Waals surface area contributed by atoms with Gasteiger partial charge in [0, 0.05) is 16.4 Å². The smallest absolute Gasteiger partial charge is 0.0853 e. The van der Waals surface area contributed by atoms with Gasteiger partial charge < -0.3 is 10.1 Å². The van der Waals surface area contributed by atoms with E-state index < -0.39 is 0 Å². The van der Waals surface area contributed by atoms with E-state index in [1.54, 1.807) is 0 Å². The Morgan fingerprint density at radius 2 is 2.06 bits per heavy atom. The van der Waals surface area contributed by atoms with Gasteiger partial charge in [-0.15, -0.1) is 11.3 Å². The first-order chi connectivity index (χ1) is 8.57. The number of thiophene rings is 1. The summed E-state index contributed by atoms with van der Waals surface area (Å²) in [5, 5.41) is 3.66. The van der Waals surface area contributed by atoms with Gasteiger partial charge >= 0.3 is 0 Å². The maximum Gasteiger partial charge on any atom is 0.0853 e. The number of nitrogens with one attached hydrogen (secondary N) is 1. The molecule has 1 aromatic rings. The van der Waals surface area contributed by atoms with E-state index in [4.69, 9.17) is 4.74 Å². The highest BCUT2D eigenvalue weighted by Gasteiger charge is 2.34. The molecule has 104 valence electrons. The van der Waals surface area contributed by atoms with Crippen LogP contribution in [0.1, 0.15) is 56.3 Å². The third kappa shape index (κ3) is 3.81. The van der Waals surface area contributed by atoms with E-state index in [0.29, 0.717) is 6.04 Å². The van der Waals surface area contributed by atoms with Crippen LogP contribution in [0.4, 0.5) is 0 Å². The topological polar surface area (TPSA) is 21.3 Å². The lowest BCUT2D eigenvalue weighted by Gasteiger charge is -2.37. The summed E-state index contributed by atoms with van der Waals surface area (Å²) >= 11 is 1.87. The number of rotatable bonds is 8. The van der Waals surface area contributed by atoms with Gasteiger partial charge in [-0.2, -0.15) is 0 Å². The molecule has 3 heteroatoms. The van der Waals surface area contributed by atoms with Gasteiger partial charge in [0.2, 0.25) is 0 Å². The lowest BCUT2D eigenvalue weighted by atomic mass is 9.91. The lowest BCUT2D eigenvalue weighted by molar-refractivity contribution is -0.0554. The molecule has 0 amide bonds. The zero-order chi connectivity index (χ0) is 13.6. The summed E-state index contributed by atoms with van der Waals surface area (Å²) in [6, 6.07) is 4.73. The normalized spacial score (nSPS) is 16.5. The second-order valence-corrected chi connectivity index (χ2v) is 6.25. The Bertz CT molecular complexity index is 350. The molecule has 0 aliphatic rings. The van der Waals surface area contributed by atoms with Gasteiger partial charge in [-0.25, -0.2) is 0 Å². The molecular weight excluding hydrogens is 242 g/mol. The molecule has 2 atom stereocenters. The van der Waals surface area contributed by atoms with Crippen molar-refractivity contribution in [3.8, 4) is 0 Å². The fourth-order valence-corrected chi connectivity index (χ4v) is 3.33. The van der Waals surface area contributed by atoms with Crippen LogP contribution < -0.4 is 5.32 Å². The van der Waals surface area contributed by atoms with Crippen LogP contribution in [-0.4, -0.2) is 18.8 Å². The minimum absolute atomic E-state index is 0.124. The first-order valence-corrected chi connectivity index (χ1v) is 7.82. The Hall–Kier alpha value is -0.380. The molecular formula is C15H27NOS. The third-order valence-corrected chi connectivity index (χ3v) is 4.50. The quantitative estimate of drug-likeness (QED) is 0.759. The molecule has 0 bridgehead atoms. The maximum absolute atomic E-state index is 6.05. The van der Waals surface area contributed by atoms with E-state index in [0.717, 1.165) is 26.0 Å². The van der Waals surface area contributed by atoms with Crippen molar-refractivity contribution in [1.82, 2.24) is 5.32 Å². The molecule has 1 heterocycles. The molecule has 1 rings (SSSR count). The average molecular weight is 269 g/mol. The van der Waals surface area contributed by atoms with Crippen molar-refractivity contribution < 1.29 is 4.74 Å². The molecule has 0 saturated heterocycles.